The van der Waals surface area contributed by atoms with Gasteiger partial charge < -0.3 is 19.2 Å². The molecule has 0 saturated carbocycles. The Balaban J connectivity index is 1.74. The first-order chi connectivity index (χ1) is 10.2. The third-order valence-electron chi connectivity index (χ3n) is 3.69. The Hall–Kier alpha value is -2.01. The number of rotatable bonds is 1. The highest BCUT2D eigenvalue weighted by molar-refractivity contribution is 5.79. The number of amides is 1. The molecule has 0 bridgehead atoms. The Morgan fingerprint density at radius 2 is 2.00 bits per heavy atom. The molecule has 5 heteroatoms. The van der Waals surface area contributed by atoms with Crippen LogP contribution in [0.25, 0.3) is 11.0 Å². The lowest BCUT2D eigenvalue weighted by molar-refractivity contribution is -0.114. The van der Waals surface area contributed by atoms with Crippen LogP contribution < -0.4 is 0 Å². The summed E-state index contributed by atoms with van der Waals surface area (Å²) in [6, 6.07) is 7.71. The summed E-state index contributed by atoms with van der Waals surface area (Å²) in [5.41, 5.74) is 0.200. The van der Waals surface area contributed by atoms with Gasteiger partial charge in [0.1, 0.15) is 16.9 Å². The standard InChI is InChI=1S/C17H21NO4/c1-11-5-6-13-12(7-11)8-14(21-13)17(20)9-18(10-17)15(19)22-16(2,3)4/h5-8,20H,9-10H2,1-4H3. The highest BCUT2D eigenvalue weighted by Gasteiger charge is 2.48. The van der Waals surface area contributed by atoms with E-state index in [9.17, 15) is 9.90 Å². The number of likely N-dealkylation sites (tertiary alicyclic amines) is 1. The number of β-amino-alcohol motifs (C(OH)–C–C–N with tert-alkyl or cyclic N) is 1. The largest absolute Gasteiger partial charge is 0.458 e. The summed E-state index contributed by atoms with van der Waals surface area (Å²) in [6.07, 6.45) is -0.413. The number of fused-ring (bicyclic) bond motifs is 1. The van der Waals surface area contributed by atoms with Gasteiger partial charge in [-0.25, -0.2) is 4.79 Å². The number of carbonyl (C=O) groups excluding carboxylic acids is 1. The molecule has 5 nitrogen and oxygen atoms in total. The number of carbonyl (C=O) groups is 1. The minimum atomic E-state index is -1.14. The molecule has 2 heterocycles. The molecule has 0 spiro atoms. The SMILES string of the molecule is Cc1ccc2oc(C3(O)CN(C(=O)OC(C)(C)C)C3)cc2c1. The van der Waals surface area contributed by atoms with Gasteiger partial charge in [0.15, 0.2) is 5.60 Å². The molecule has 22 heavy (non-hydrogen) atoms. The summed E-state index contributed by atoms with van der Waals surface area (Å²) in [6.45, 7) is 7.82. The topological polar surface area (TPSA) is 62.9 Å². The third kappa shape index (κ3) is 2.68. The Morgan fingerprint density at radius 1 is 1.32 bits per heavy atom. The predicted octanol–water partition coefficient (Wildman–Crippen LogP) is 3.18. The summed E-state index contributed by atoms with van der Waals surface area (Å²) < 4.78 is 11.0. The van der Waals surface area contributed by atoms with Gasteiger partial charge in [-0.15, -0.1) is 0 Å². The number of furan rings is 1. The molecule has 1 amide bonds. The smallest absolute Gasteiger partial charge is 0.410 e. The van der Waals surface area contributed by atoms with Crippen LogP contribution in [0, 0.1) is 6.92 Å². The van der Waals surface area contributed by atoms with E-state index in [1.165, 1.54) is 4.90 Å². The van der Waals surface area contributed by atoms with E-state index in [0.717, 1.165) is 16.5 Å². The second kappa shape index (κ2) is 4.74. The van der Waals surface area contributed by atoms with Gasteiger partial charge in [-0.1, -0.05) is 11.6 Å². The Kier molecular flexibility index (Phi) is 3.22. The average Bonchev–Trinajstić information content (AvgIpc) is 2.75. The lowest BCUT2D eigenvalue weighted by atomic mass is 9.91. The maximum Gasteiger partial charge on any atom is 0.410 e. The van der Waals surface area contributed by atoms with Crippen LogP contribution in [0.3, 0.4) is 0 Å². The zero-order chi connectivity index (χ0) is 16.1. The lowest BCUT2D eigenvalue weighted by Crippen LogP contribution is -2.61. The van der Waals surface area contributed by atoms with Crippen LogP contribution >= 0.6 is 0 Å². The minimum absolute atomic E-state index is 0.181. The second-order valence-electron chi connectivity index (χ2n) is 7.02. The number of ether oxygens (including phenoxy) is 1. The van der Waals surface area contributed by atoms with Crippen LogP contribution in [0.1, 0.15) is 32.1 Å². The molecule has 3 rings (SSSR count). The zero-order valence-electron chi connectivity index (χ0n) is 13.3. The predicted molar refractivity (Wildman–Crippen MR) is 82.7 cm³/mol. The van der Waals surface area contributed by atoms with Gasteiger partial charge in [0.2, 0.25) is 0 Å². The van der Waals surface area contributed by atoms with E-state index in [1.807, 2.05) is 52.0 Å². The Labute approximate surface area is 129 Å². The molecule has 1 saturated heterocycles. The zero-order valence-corrected chi connectivity index (χ0v) is 13.3. The number of aliphatic hydroxyl groups is 1. The number of hydrogen-bond acceptors (Lipinski definition) is 4. The monoisotopic (exact) mass is 303 g/mol. The van der Waals surface area contributed by atoms with Crippen molar-refractivity contribution in [3.63, 3.8) is 0 Å². The molecule has 0 unspecified atom stereocenters. The summed E-state index contributed by atoms with van der Waals surface area (Å²) >= 11 is 0. The summed E-state index contributed by atoms with van der Waals surface area (Å²) in [5, 5.41) is 11.6. The van der Waals surface area contributed by atoms with Crippen molar-refractivity contribution in [1.29, 1.82) is 0 Å². The van der Waals surface area contributed by atoms with E-state index in [1.54, 1.807) is 0 Å². The Morgan fingerprint density at radius 3 is 2.64 bits per heavy atom. The molecular formula is C17H21NO4. The van der Waals surface area contributed by atoms with Crippen LogP contribution in [0.5, 0.6) is 0 Å². The lowest BCUT2D eigenvalue weighted by Gasteiger charge is -2.44. The van der Waals surface area contributed by atoms with E-state index >= 15 is 0 Å². The maximum absolute atomic E-state index is 11.9. The van der Waals surface area contributed by atoms with Crippen molar-refractivity contribution in [1.82, 2.24) is 4.90 Å². The van der Waals surface area contributed by atoms with Crippen LogP contribution in [0.4, 0.5) is 4.79 Å². The van der Waals surface area contributed by atoms with E-state index in [2.05, 4.69) is 0 Å². The second-order valence-corrected chi connectivity index (χ2v) is 7.02. The van der Waals surface area contributed by atoms with Crippen molar-refractivity contribution in [3.05, 3.63) is 35.6 Å². The molecular weight excluding hydrogens is 282 g/mol. The van der Waals surface area contributed by atoms with Gasteiger partial charge in [-0.3, -0.25) is 0 Å². The van der Waals surface area contributed by atoms with Gasteiger partial charge in [-0.2, -0.15) is 0 Å². The first-order valence-electron chi connectivity index (χ1n) is 7.37. The molecule has 1 fully saturated rings. The summed E-state index contributed by atoms with van der Waals surface area (Å²) in [7, 11) is 0. The number of hydrogen-bond donors (Lipinski definition) is 1. The van der Waals surface area contributed by atoms with Crippen molar-refractivity contribution in [2.24, 2.45) is 0 Å². The molecule has 1 aliphatic heterocycles. The van der Waals surface area contributed by atoms with Crippen molar-refractivity contribution in [2.45, 2.75) is 38.9 Å². The van der Waals surface area contributed by atoms with Crippen molar-refractivity contribution < 1.29 is 19.1 Å². The number of aryl methyl sites for hydroxylation is 1. The van der Waals surface area contributed by atoms with Crippen molar-refractivity contribution in [3.8, 4) is 0 Å². The molecule has 0 atom stereocenters. The molecule has 1 N–H and O–H groups in total. The molecule has 2 aromatic rings. The minimum Gasteiger partial charge on any atom is -0.458 e. The quantitative estimate of drug-likeness (QED) is 0.879. The van der Waals surface area contributed by atoms with Crippen molar-refractivity contribution >= 4 is 17.1 Å². The highest BCUT2D eigenvalue weighted by atomic mass is 16.6. The van der Waals surface area contributed by atoms with Gasteiger partial charge >= 0.3 is 6.09 Å². The molecule has 1 aromatic heterocycles. The van der Waals surface area contributed by atoms with Gasteiger partial charge in [0.25, 0.3) is 0 Å². The third-order valence-corrected chi connectivity index (χ3v) is 3.69. The molecule has 1 aliphatic rings. The van der Waals surface area contributed by atoms with E-state index in [0.29, 0.717) is 5.76 Å². The fraction of sp³-hybridized carbons (Fsp3) is 0.471. The Bertz CT molecular complexity index is 720. The molecule has 1 aromatic carbocycles. The van der Waals surface area contributed by atoms with E-state index in [4.69, 9.17) is 9.15 Å². The van der Waals surface area contributed by atoms with Gasteiger partial charge in [0.05, 0.1) is 13.1 Å². The van der Waals surface area contributed by atoms with Gasteiger partial charge in [0, 0.05) is 5.39 Å². The molecule has 118 valence electrons. The van der Waals surface area contributed by atoms with Crippen LogP contribution in [0.15, 0.2) is 28.7 Å². The molecule has 0 aliphatic carbocycles. The first kappa shape index (κ1) is 14.9. The average molecular weight is 303 g/mol. The summed E-state index contributed by atoms with van der Waals surface area (Å²) in [4.78, 5) is 13.4. The van der Waals surface area contributed by atoms with Crippen LogP contribution in [-0.4, -0.2) is 34.8 Å². The first-order valence-corrected chi connectivity index (χ1v) is 7.37. The fourth-order valence-corrected chi connectivity index (χ4v) is 2.59. The van der Waals surface area contributed by atoms with Gasteiger partial charge in [-0.05, 0) is 45.9 Å². The highest BCUT2D eigenvalue weighted by Crippen LogP contribution is 2.36. The normalized spacial score (nSPS) is 17.4. The maximum atomic E-state index is 11.9. The van der Waals surface area contributed by atoms with Crippen LogP contribution in [0.2, 0.25) is 0 Å². The summed E-state index contributed by atoms with van der Waals surface area (Å²) in [5.74, 6) is 0.493. The fourth-order valence-electron chi connectivity index (χ4n) is 2.59. The van der Waals surface area contributed by atoms with Crippen LogP contribution in [-0.2, 0) is 10.3 Å². The van der Waals surface area contributed by atoms with Crippen molar-refractivity contribution in [2.75, 3.05) is 13.1 Å². The van der Waals surface area contributed by atoms with E-state index in [-0.39, 0.29) is 13.1 Å². The number of nitrogens with zero attached hydrogens (tertiary/aromatic N) is 1. The van der Waals surface area contributed by atoms with E-state index < -0.39 is 17.3 Å². The number of benzene rings is 1. The molecule has 0 radical (unpaired) electrons.